The van der Waals surface area contributed by atoms with E-state index >= 15 is 0 Å². The number of ether oxygens (including phenoxy) is 1. The zero-order valence-electron chi connectivity index (χ0n) is 10.4. The van der Waals surface area contributed by atoms with Crippen molar-refractivity contribution in [1.82, 2.24) is 9.55 Å². The SMILES string of the molecule is COC(=O)c1ccc2cc(-n3ccnc3)ccc2c1. The Labute approximate surface area is 110 Å². The van der Waals surface area contributed by atoms with E-state index in [1.807, 2.05) is 35.0 Å². The molecule has 19 heavy (non-hydrogen) atoms. The van der Waals surface area contributed by atoms with Crippen LogP contribution in [0.15, 0.2) is 55.1 Å². The van der Waals surface area contributed by atoms with Gasteiger partial charge in [0.05, 0.1) is 19.0 Å². The van der Waals surface area contributed by atoms with Gasteiger partial charge in [0.1, 0.15) is 0 Å². The molecule has 0 fully saturated rings. The lowest BCUT2D eigenvalue weighted by atomic mass is 10.1. The molecule has 1 heterocycles. The van der Waals surface area contributed by atoms with Crippen LogP contribution in [0.3, 0.4) is 0 Å². The van der Waals surface area contributed by atoms with E-state index in [-0.39, 0.29) is 5.97 Å². The van der Waals surface area contributed by atoms with Crippen molar-refractivity contribution in [1.29, 1.82) is 0 Å². The molecule has 4 nitrogen and oxygen atoms in total. The molecule has 94 valence electrons. The summed E-state index contributed by atoms with van der Waals surface area (Å²) in [5.74, 6) is -0.319. The second-order valence-electron chi connectivity index (χ2n) is 4.21. The van der Waals surface area contributed by atoms with Gasteiger partial charge in [-0.05, 0) is 35.0 Å². The van der Waals surface area contributed by atoms with Crippen LogP contribution in [0.5, 0.6) is 0 Å². The van der Waals surface area contributed by atoms with Crippen LogP contribution in [0.4, 0.5) is 0 Å². The third-order valence-corrected chi connectivity index (χ3v) is 3.05. The minimum atomic E-state index is -0.319. The molecule has 1 aromatic heterocycles. The van der Waals surface area contributed by atoms with Crippen molar-refractivity contribution in [2.75, 3.05) is 7.11 Å². The van der Waals surface area contributed by atoms with Gasteiger partial charge in [0, 0.05) is 18.1 Å². The van der Waals surface area contributed by atoms with Crippen LogP contribution >= 0.6 is 0 Å². The van der Waals surface area contributed by atoms with Crippen molar-refractivity contribution in [3.63, 3.8) is 0 Å². The highest BCUT2D eigenvalue weighted by Gasteiger charge is 2.06. The first-order valence-electron chi connectivity index (χ1n) is 5.88. The highest BCUT2D eigenvalue weighted by Crippen LogP contribution is 2.20. The van der Waals surface area contributed by atoms with Crippen LogP contribution in [0, 0.1) is 0 Å². The summed E-state index contributed by atoms with van der Waals surface area (Å²) in [6.07, 6.45) is 5.39. The molecule has 3 aromatic rings. The molecule has 0 aliphatic rings. The Hall–Kier alpha value is -2.62. The number of methoxy groups -OCH3 is 1. The summed E-state index contributed by atoms with van der Waals surface area (Å²) in [6, 6.07) is 11.5. The summed E-state index contributed by atoms with van der Waals surface area (Å²) in [7, 11) is 1.38. The van der Waals surface area contributed by atoms with Gasteiger partial charge in [-0.2, -0.15) is 0 Å². The molecule has 0 radical (unpaired) electrons. The highest BCUT2D eigenvalue weighted by molar-refractivity contribution is 5.95. The second kappa shape index (κ2) is 4.57. The van der Waals surface area contributed by atoms with E-state index in [1.54, 1.807) is 18.6 Å². The molecular weight excluding hydrogens is 240 g/mol. The Morgan fingerprint density at radius 2 is 1.95 bits per heavy atom. The van der Waals surface area contributed by atoms with E-state index in [2.05, 4.69) is 11.1 Å². The van der Waals surface area contributed by atoms with E-state index in [1.165, 1.54) is 7.11 Å². The zero-order chi connectivity index (χ0) is 13.2. The third-order valence-electron chi connectivity index (χ3n) is 3.05. The van der Waals surface area contributed by atoms with Gasteiger partial charge in [0.25, 0.3) is 0 Å². The first-order chi connectivity index (χ1) is 9.28. The molecule has 0 N–H and O–H groups in total. The summed E-state index contributed by atoms with van der Waals surface area (Å²) in [6.45, 7) is 0. The molecule has 2 aromatic carbocycles. The van der Waals surface area contributed by atoms with Crippen LogP contribution in [-0.2, 0) is 4.74 Å². The van der Waals surface area contributed by atoms with Crippen molar-refractivity contribution in [2.45, 2.75) is 0 Å². The predicted molar refractivity (Wildman–Crippen MR) is 72.4 cm³/mol. The zero-order valence-corrected chi connectivity index (χ0v) is 10.4. The maximum Gasteiger partial charge on any atom is 0.337 e. The largest absolute Gasteiger partial charge is 0.465 e. The number of benzene rings is 2. The summed E-state index contributed by atoms with van der Waals surface area (Å²) in [5, 5.41) is 2.07. The quantitative estimate of drug-likeness (QED) is 0.659. The highest BCUT2D eigenvalue weighted by atomic mass is 16.5. The molecule has 4 heteroatoms. The lowest BCUT2D eigenvalue weighted by Gasteiger charge is -2.06. The van der Waals surface area contributed by atoms with Gasteiger partial charge in [-0.25, -0.2) is 9.78 Å². The standard InChI is InChI=1S/C15H12N2O2/c1-19-15(18)13-3-2-12-9-14(5-4-11(12)8-13)17-7-6-16-10-17/h2-10H,1H3. The van der Waals surface area contributed by atoms with E-state index < -0.39 is 0 Å². The fraction of sp³-hybridized carbons (Fsp3) is 0.0667. The molecule has 0 unspecified atom stereocenters. The lowest BCUT2D eigenvalue weighted by molar-refractivity contribution is 0.0601. The third kappa shape index (κ3) is 2.08. The van der Waals surface area contributed by atoms with Crippen LogP contribution < -0.4 is 0 Å². The van der Waals surface area contributed by atoms with Crippen LogP contribution in [0.25, 0.3) is 16.5 Å². The van der Waals surface area contributed by atoms with Crippen LogP contribution in [0.1, 0.15) is 10.4 Å². The van der Waals surface area contributed by atoms with Crippen molar-refractivity contribution in [3.05, 3.63) is 60.7 Å². The smallest absolute Gasteiger partial charge is 0.337 e. The molecule has 0 aliphatic heterocycles. The average molecular weight is 252 g/mol. The number of imidazole rings is 1. The second-order valence-corrected chi connectivity index (χ2v) is 4.21. The molecule has 0 saturated carbocycles. The minimum Gasteiger partial charge on any atom is -0.465 e. The maximum absolute atomic E-state index is 11.5. The monoisotopic (exact) mass is 252 g/mol. The number of aromatic nitrogens is 2. The average Bonchev–Trinajstić information content (AvgIpc) is 2.99. The Kier molecular flexibility index (Phi) is 2.76. The van der Waals surface area contributed by atoms with Gasteiger partial charge in [0.2, 0.25) is 0 Å². The number of hydrogen-bond acceptors (Lipinski definition) is 3. The Morgan fingerprint density at radius 1 is 1.16 bits per heavy atom. The van der Waals surface area contributed by atoms with Crippen molar-refractivity contribution in [3.8, 4) is 5.69 Å². The fourth-order valence-electron chi connectivity index (χ4n) is 2.05. The van der Waals surface area contributed by atoms with E-state index in [0.29, 0.717) is 5.56 Å². The predicted octanol–water partition coefficient (Wildman–Crippen LogP) is 2.81. The van der Waals surface area contributed by atoms with Crippen molar-refractivity contribution in [2.24, 2.45) is 0 Å². The Balaban J connectivity index is 2.08. The number of carbonyl (C=O) groups excluding carboxylic acids is 1. The molecule has 0 spiro atoms. The lowest BCUT2D eigenvalue weighted by Crippen LogP contribution is -2.00. The summed E-state index contributed by atoms with van der Waals surface area (Å²) >= 11 is 0. The molecule has 0 amide bonds. The number of fused-ring (bicyclic) bond motifs is 1. The maximum atomic E-state index is 11.5. The number of carbonyl (C=O) groups is 1. The molecule has 3 rings (SSSR count). The molecular formula is C15H12N2O2. The topological polar surface area (TPSA) is 44.1 Å². The Bertz CT molecular complexity index is 733. The van der Waals surface area contributed by atoms with Gasteiger partial charge in [-0.3, -0.25) is 0 Å². The molecule has 0 saturated heterocycles. The Morgan fingerprint density at radius 3 is 2.68 bits per heavy atom. The summed E-state index contributed by atoms with van der Waals surface area (Å²) in [4.78, 5) is 15.5. The van der Waals surface area contributed by atoms with Crippen LogP contribution in [-0.4, -0.2) is 22.6 Å². The summed E-state index contributed by atoms with van der Waals surface area (Å²) in [5.41, 5.74) is 1.60. The van der Waals surface area contributed by atoms with Gasteiger partial charge >= 0.3 is 5.97 Å². The van der Waals surface area contributed by atoms with E-state index in [9.17, 15) is 4.79 Å². The number of hydrogen-bond donors (Lipinski definition) is 0. The molecule has 0 bridgehead atoms. The number of esters is 1. The minimum absolute atomic E-state index is 0.319. The van der Waals surface area contributed by atoms with Crippen molar-refractivity contribution < 1.29 is 9.53 Å². The molecule has 0 atom stereocenters. The van der Waals surface area contributed by atoms with Gasteiger partial charge < -0.3 is 9.30 Å². The van der Waals surface area contributed by atoms with Gasteiger partial charge in [-0.1, -0.05) is 12.1 Å². The van der Waals surface area contributed by atoms with Gasteiger partial charge in [-0.15, -0.1) is 0 Å². The van der Waals surface area contributed by atoms with Crippen LogP contribution in [0.2, 0.25) is 0 Å². The van der Waals surface area contributed by atoms with Gasteiger partial charge in [0.15, 0.2) is 0 Å². The summed E-state index contributed by atoms with van der Waals surface area (Å²) < 4.78 is 6.65. The first kappa shape index (κ1) is 11.5. The van der Waals surface area contributed by atoms with Crippen molar-refractivity contribution >= 4 is 16.7 Å². The fourth-order valence-corrected chi connectivity index (χ4v) is 2.05. The van der Waals surface area contributed by atoms with E-state index in [4.69, 9.17) is 4.74 Å². The normalized spacial score (nSPS) is 10.6. The first-order valence-corrected chi connectivity index (χ1v) is 5.88. The molecule has 0 aliphatic carbocycles. The van der Waals surface area contributed by atoms with E-state index in [0.717, 1.165) is 16.5 Å². The number of nitrogens with zero attached hydrogens (tertiary/aromatic N) is 2. The number of rotatable bonds is 2.